The molecule has 6 rings (SSSR count). The van der Waals surface area contributed by atoms with Crippen molar-refractivity contribution in [1.82, 2.24) is 0 Å². The van der Waals surface area contributed by atoms with Crippen molar-refractivity contribution in [3.63, 3.8) is 0 Å². The van der Waals surface area contributed by atoms with Gasteiger partial charge in [0.15, 0.2) is 27.7 Å². The van der Waals surface area contributed by atoms with Gasteiger partial charge in [0.25, 0.3) is 0 Å². The zero-order valence-corrected chi connectivity index (χ0v) is 21.9. The zero-order valence-electron chi connectivity index (χ0n) is 20.9. The average Bonchev–Trinajstić information content (AvgIpc) is 3.42. The van der Waals surface area contributed by atoms with E-state index in [4.69, 9.17) is 23.4 Å². The van der Waals surface area contributed by atoms with Crippen LogP contribution in [0.1, 0.15) is 58.8 Å². The van der Waals surface area contributed by atoms with Gasteiger partial charge in [-0.15, -0.1) is 0 Å². The summed E-state index contributed by atoms with van der Waals surface area (Å²) < 4.78 is 31.8. The molecule has 0 amide bonds. The number of carbonyl (C=O) groups is 1. The van der Waals surface area contributed by atoms with Crippen molar-refractivity contribution in [3.05, 3.63) is 11.6 Å². The second kappa shape index (κ2) is 7.23. The minimum Gasteiger partial charge on any atom is -0.414 e. The first-order valence-corrected chi connectivity index (χ1v) is 16.4. The largest absolute Gasteiger partial charge is 0.414 e. The smallest absolute Gasteiger partial charge is 0.226 e. The van der Waals surface area contributed by atoms with Crippen molar-refractivity contribution in [1.29, 1.82) is 0 Å². The number of rotatable bonds is 2. The van der Waals surface area contributed by atoms with Crippen LogP contribution in [0.2, 0.25) is 19.6 Å². The molecule has 0 N–H and O–H groups in total. The topological polar surface area (TPSA) is 63.2 Å². The Labute approximate surface area is 198 Å². The normalized spacial score (nSPS) is 51.5. The highest BCUT2D eigenvalue weighted by Gasteiger charge is 2.77. The standard InChI is InChI=1S/C26H40O6Si/c1-23-10-8-18(27)12-17(23)6-7-19-20-9-11-25(26(31-16-29-25)14-28-15-30-26)24(20,2)13-21(22(19)23)32-33(3,4)5/h12,19-22H,6-11,13-16H2,1-5H3/t19-,20+,21+,22+,23-,24+,25+,26+/m0/s1. The maximum Gasteiger partial charge on any atom is 0.226 e. The first kappa shape index (κ1) is 22.9. The highest BCUT2D eigenvalue weighted by Crippen LogP contribution is 2.72. The summed E-state index contributed by atoms with van der Waals surface area (Å²) in [5.41, 5.74) is 0.831. The van der Waals surface area contributed by atoms with Crippen LogP contribution in [0, 0.1) is 28.6 Å². The molecule has 8 atom stereocenters. The lowest BCUT2D eigenvalue weighted by Crippen LogP contribution is -2.67. The Morgan fingerprint density at radius 3 is 2.55 bits per heavy atom. The van der Waals surface area contributed by atoms with Crippen LogP contribution in [0.15, 0.2) is 11.6 Å². The summed E-state index contributed by atoms with van der Waals surface area (Å²) in [6, 6.07) is 0. The molecular formula is C26H40O6Si. The van der Waals surface area contributed by atoms with Crippen LogP contribution in [0.4, 0.5) is 0 Å². The van der Waals surface area contributed by atoms with Gasteiger partial charge in [-0.2, -0.15) is 0 Å². The fourth-order valence-corrected chi connectivity index (χ4v) is 10.3. The Balaban J connectivity index is 1.45. The summed E-state index contributed by atoms with van der Waals surface area (Å²) in [5, 5.41) is 0. The third kappa shape index (κ3) is 2.99. The maximum absolute atomic E-state index is 12.3. The van der Waals surface area contributed by atoms with Gasteiger partial charge < -0.3 is 23.4 Å². The quantitative estimate of drug-likeness (QED) is 0.534. The molecule has 2 spiro atoms. The van der Waals surface area contributed by atoms with Crippen LogP contribution in [0.5, 0.6) is 0 Å². The number of carbonyl (C=O) groups excluding carboxylic acids is 1. The van der Waals surface area contributed by atoms with Crippen LogP contribution in [0.25, 0.3) is 0 Å². The van der Waals surface area contributed by atoms with Gasteiger partial charge in [-0.3, -0.25) is 4.79 Å². The highest BCUT2D eigenvalue weighted by atomic mass is 28.4. The molecular weight excluding hydrogens is 436 g/mol. The molecule has 2 aliphatic heterocycles. The van der Waals surface area contributed by atoms with Gasteiger partial charge in [0.05, 0.1) is 0 Å². The van der Waals surface area contributed by atoms with Crippen molar-refractivity contribution in [2.75, 3.05) is 20.2 Å². The lowest BCUT2D eigenvalue weighted by atomic mass is 9.45. The Morgan fingerprint density at radius 2 is 1.82 bits per heavy atom. The third-order valence-corrected chi connectivity index (χ3v) is 11.4. The predicted octanol–water partition coefficient (Wildman–Crippen LogP) is 4.79. The molecule has 0 aromatic rings. The molecule has 7 heteroatoms. The summed E-state index contributed by atoms with van der Waals surface area (Å²) in [6.45, 7) is 12.8. The van der Waals surface area contributed by atoms with E-state index in [1.807, 2.05) is 6.08 Å². The lowest BCUT2D eigenvalue weighted by molar-refractivity contribution is -0.256. The molecule has 6 aliphatic rings. The molecule has 0 aromatic heterocycles. The molecule has 5 fully saturated rings. The van der Waals surface area contributed by atoms with Gasteiger partial charge >= 0.3 is 0 Å². The van der Waals surface area contributed by atoms with Gasteiger partial charge in [0, 0.05) is 17.9 Å². The van der Waals surface area contributed by atoms with Crippen LogP contribution in [-0.2, 0) is 28.2 Å². The minimum absolute atomic E-state index is 0.0515. The monoisotopic (exact) mass is 476 g/mol. The molecule has 6 nitrogen and oxygen atoms in total. The molecule has 33 heavy (non-hydrogen) atoms. The number of hydrogen-bond acceptors (Lipinski definition) is 6. The van der Waals surface area contributed by atoms with E-state index in [1.165, 1.54) is 5.57 Å². The number of ether oxygens (including phenoxy) is 4. The summed E-state index contributed by atoms with van der Waals surface area (Å²) in [7, 11) is -1.81. The molecule has 0 unspecified atom stereocenters. The van der Waals surface area contributed by atoms with Crippen LogP contribution >= 0.6 is 0 Å². The van der Waals surface area contributed by atoms with Crippen molar-refractivity contribution < 1.29 is 28.2 Å². The Kier molecular flexibility index (Phi) is 5.01. The number of allylic oxidation sites excluding steroid dienone is 1. The van der Waals surface area contributed by atoms with Gasteiger partial charge in [0.1, 0.15) is 12.2 Å². The second-order valence-corrected chi connectivity index (χ2v) is 17.4. The van der Waals surface area contributed by atoms with Crippen LogP contribution < -0.4 is 0 Å². The van der Waals surface area contributed by atoms with E-state index in [9.17, 15) is 4.79 Å². The zero-order chi connectivity index (χ0) is 23.3. The first-order valence-electron chi connectivity index (χ1n) is 13.0. The molecule has 3 saturated carbocycles. The van der Waals surface area contributed by atoms with Crippen molar-refractivity contribution in [2.45, 2.75) is 95.9 Å². The van der Waals surface area contributed by atoms with Crippen LogP contribution in [0.3, 0.4) is 0 Å². The molecule has 4 aliphatic carbocycles. The molecule has 0 bridgehead atoms. The second-order valence-electron chi connectivity index (χ2n) is 12.9. The number of fused-ring (bicyclic) bond motifs is 7. The summed E-state index contributed by atoms with van der Waals surface area (Å²) >= 11 is 0. The number of hydrogen-bond donors (Lipinski definition) is 0. The van der Waals surface area contributed by atoms with Gasteiger partial charge in [-0.25, -0.2) is 0 Å². The van der Waals surface area contributed by atoms with Crippen molar-refractivity contribution in [3.8, 4) is 0 Å². The summed E-state index contributed by atoms with van der Waals surface area (Å²) in [6.07, 6.45) is 8.95. The highest BCUT2D eigenvalue weighted by molar-refractivity contribution is 6.69. The van der Waals surface area contributed by atoms with E-state index >= 15 is 0 Å². The first-order chi connectivity index (χ1) is 15.5. The Morgan fingerprint density at radius 1 is 1.03 bits per heavy atom. The molecule has 2 heterocycles. The van der Waals surface area contributed by atoms with Gasteiger partial charge in [-0.1, -0.05) is 19.4 Å². The van der Waals surface area contributed by atoms with E-state index in [0.717, 1.165) is 38.5 Å². The Bertz CT molecular complexity index is 869. The van der Waals surface area contributed by atoms with E-state index in [-0.39, 0.29) is 30.5 Å². The third-order valence-electron chi connectivity index (χ3n) is 10.4. The van der Waals surface area contributed by atoms with Crippen LogP contribution in [-0.4, -0.2) is 51.8 Å². The minimum atomic E-state index is -1.81. The molecule has 184 valence electrons. The van der Waals surface area contributed by atoms with E-state index in [2.05, 4.69) is 33.5 Å². The predicted molar refractivity (Wildman–Crippen MR) is 125 cm³/mol. The average molecular weight is 477 g/mol. The fraction of sp³-hybridized carbons (Fsp3) is 0.885. The van der Waals surface area contributed by atoms with Crippen molar-refractivity contribution in [2.24, 2.45) is 28.6 Å². The lowest BCUT2D eigenvalue weighted by Gasteiger charge is -2.63. The van der Waals surface area contributed by atoms with E-state index < -0.39 is 19.7 Å². The SMILES string of the molecule is C[C@]12CCC(=O)C=C1CC[C@@H]1[C@@H]2[C@H](O[Si](C)(C)C)C[C@]2(C)[C@@H]1CC[C@@]21OCO[C@]12COCO2. The van der Waals surface area contributed by atoms with E-state index in [1.54, 1.807) is 0 Å². The van der Waals surface area contributed by atoms with Gasteiger partial charge in [-0.05, 0) is 87.4 Å². The summed E-state index contributed by atoms with van der Waals surface area (Å²) in [5.74, 6) is 1.05. The number of ketones is 1. The fourth-order valence-electron chi connectivity index (χ4n) is 9.19. The van der Waals surface area contributed by atoms with Gasteiger partial charge in [0.2, 0.25) is 5.79 Å². The molecule has 0 aromatic carbocycles. The summed E-state index contributed by atoms with van der Waals surface area (Å²) in [4.78, 5) is 12.3. The van der Waals surface area contributed by atoms with Crippen molar-refractivity contribution >= 4 is 14.1 Å². The Hall–Kier alpha value is -0.573. The van der Waals surface area contributed by atoms with E-state index in [0.29, 0.717) is 36.6 Å². The molecule has 2 saturated heterocycles. The molecule has 0 radical (unpaired) electrons. The maximum atomic E-state index is 12.3.